The van der Waals surface area contributed by atoms with Gasteiger partial charge in [0.15, 0.2) is 0 Å². The second-order valence-corrected chi connectivity index (χ2v) is 14.7. The highest BCUT2D eigenvalue weighted by Gasteiger charge is 2.43. The highest BCUT2D eigenvalue weighted by atomic mass is 35.5. The van der Waals surface area contributed by atoms with Gasteiger partial charge in [0.2, 0.25) is 11.6 Å². The fourth-order valence-corrected chi connectivity index (χ4v) is 6.92. The van der Waals surface area contributed by atoms with Crippen LogP contribution in [0.25, 0.3) is 0 Å². The maximum atomic E-state index is 14.5. The van der Waals surface area contributed by atoms with E-state index in [1.165, 1.54) is 12.1 Å². The number of halogens is 10. The van der Waals surface area contributed by atoms with Gasteiger partial charge in [0.05, 0.1) is 36.4 Å². The number of aliphatic hydroxyl groups is 2. The first kappa shape index (κ1) is 45.0. The molecule has 0 spiro atoms. The van der Waals surface area contributed by atoms with Crippen molar-refractivity contribution in [3.8, 4) is 0 Å². The second-order valence-electron chi connectivity index (χ2n) is 13.4. The number of nitrogens with zero attached hydrogens (tertiary/aromatic N) is 8. The largest absolute Gasteiger partial charge is 0.433 e. The third kappa shape index (κ3) is 10.7. The Morgan fingerprint density at radius 3 is 1.70 bits per heavy atom. The van der Waals surface area contributed by atoms with Crippen LogP contribution in [0.15, 0.2) is 85.7 Å². The van der Waals surface area contributed by atoms with Crippen LogP contribution < -0.4 is 5.32 Å². The number of anilines is 1. The van der Waals surface area contributed by atoms with Gasteiger partial charge < -0.3 is 15.5 Å². The van der Waals surface area contributed by atoms with E-state index < -0.39 is 77.5 Å². The molecule has 1 fully saturated rings. The molecule has 1 aliphatic carbocycles. The lowest BCUT2D eigenvalue weighted by atomic mass is 10.1. The SMILES string of the molecule is O=C(c1cc(C(F)(F)F)n(Cc2cccc(Cl)c2)n1)c1cncnc1Cl.O=C(c1cc(C(F)(F)F)n(Cc2cccc(Cl)c2)n1)c1cncnc1N[C@@H]1C[C@H](CO)[C@@H](O)[C@@H]1F. The van der Waals surface area contributed by atoms with E-state index in [0.717, 1.165) is 25.0 Å². The average molecular weight is 915 g/mol. The van der Waals surface area contributed by atoms with Crippen LogP contribution in [0.3, 0.4) is 0 Å². The van der Waals surface area contributed by atoms with Crippen LogP contribution >= 0.6 is 34.8 Å². The third-order valence-electron chi connectivity index (χ3n) is 9.22. The highest BCUT2D eigenvalue weighted by Crippen LogP contribution is 2.34. The van der Waals surface area contributed by atoms with Crippen LogP contribution in [0.2, 0.25) is 15.2 Å². The van der Waals surface area contributed by atoms with Crippen LogP contribution in [0, 0.1) is 5.92 Å². The minimum absolute atomic E-state index is 0.0585. The molecule has 7 rings (SSSR count). The van der Waals surface area contributed by atoms with Gasteiger partial charge in [-0.05, 0) is 41.8 Å². The van der Waals surface area contributed by atoms with Crippen molar-refractivity contribution in [3.63, 3.8) is 0 Å². The molecule has 61 heavy (non-hydrogen) atoms. The van der Waals surface area contributed by atoms with Gasteiger partial charge in [0, 0.05) is 47.1 Å². The zero-order chi connectivity index (χ0) is 44.2. The van der Waals surface area contributed by atoms with Crippen molar-refractivity contribution in [2.75, 3.05) is 11.9 Å². The van der Waals surface area contributed by atoms with Crippen LogP contribution in [-0.2, 0) is 25.4 Å². The molecule has 0 aliphatic heterocycles. The summed E-state index contributed by atoms with van der Waals surface area (Å²) >= 11 is 17.6. The van der Waals surface area contributed by atoms with E-state index in [1.54, 1.807) is 36.4 Å². The summed E-state index contributed by atoms with van der Waals surface area (Å²) in [6.45, 7) is -0.924. The number of hydrogen-bond donors (Lipinski definition) is 3. The number of aromatic nitrogens is 8. The topological polar surface area (TPSA) is 174 Å². The van der Waals surface area contributed by atoms with Crippen molar-refractivity contribution in [3.05, 3.63) is 146 Å². The number of carbonyl (C=O) groups excluding carboxylic acids is 2. The van der Waals surface area contributed by atoms with Gasteiger partial charge in [-0.2, -0.15) is 36.5 Å². The monoisotopic (exact) mass is 913 g/mol. The molecule has 1 saturated carbocycles. The number of hydrogen-bond acceptors (Lipinski definition) is 11. The minimum atomic E-state index is -4.79. The molecule has 6 aromatic rings. The molecule has 0 amide bonds. The first-order valence-electron chi connectivity index (χ1n) is 17.7. The van der Waals surface area contributed by atoms with Crippen LogP contribution in [-0.4, -0.2) is 86.2 Å². The molecule has 2 aromatic carbocycles. The summed E-state index contributed by atoms with van der Waals surface area (Å²) in [5.41, 5.74) is -2.51. The van der Waals surface area contributed by atoms with Gasteiger partial charge in [0.25, 0.3) is 0 Å². The maximum Gasteiger partial charge on any atom is 0.433 e. The summed E-state index contributed by atoms with van der Waals surface area (Å²) in [7, 11) is 0. The number of carbonyl (C=O) groups is 2. The van der Waals surface area contributed by atoms with E-state index in [-0.39, 0.29) is 41.6 Å². The third-order valence-corrected chi connectivity index (χ3v) is 9.99. The predicted molar refractivity (Wildman–Crippen MR) is 205 cm³/mol. The van der Waals surface area contributed by atoms with Crippen molar-refractivity contribution in [1.29, 1.82) is 0 Å². The van der Waals surface area contributed by atoms with Crippen LogP contribution in [0.1, 0.15) is 61.0 Å². The maximum absolute atomic E-state index is 14.5. The first-order valence-corrected chi connectivity index (χ1v) is 18.8. The lowest BCUT2D eigenvalue weighted by Gasteiger charge is -2.18. The van der Waals surface area contributed by atoms with E-state index in [2.05, 4.69) is 35.5 Å². The van der Waals surface area contributed by atoms with Crippen molar-refractivity contribution in [2.45, 2.75) is 50.2 Å². The smallest absolute Gasteiger partial charge is 0.396 e. The first-order chi connectivity index (χ1) is 28.8. The Hall–Kier alpha value is -5.54. The predicted octanol–water partition coefficient (Wildman–Crippen LogP) is 7.39. The summed E-state index contributed by atoms with van der Waals surface area (Å²) in [5.74, 6) is -2.54. The molecular weight excluding hydrogens is 886 g/mol. The molecule has 320 valence electrons. The average Bonchev–Trinajstić information content (AvgIpc) is 3.91. The van der Waals surface area contributed by atoms with E-state index in [1.807, 2.05) is 0 Å². The summed E-state index contributed by atoms with van der Waals surface area (Å²) < 4.78 is 96.9. The number of nitrogens with one attached hydrogen (secondary N) is 1. The van der Waals surface area contributed by atoms with E-state index in [4.69, 9.17) is 34.8 Å². The Labute approximate surface area is 355 Å². The Morgan fingerprint density at radius 2 is 1.25 bits per heavy atom. The molecule has 13 nitrogen and oxygen atoms in total. The molecule has 3 N–H and O–H groups in total. The highest BCUT2D eigenvalue weighted by molar-refractivity contribution is 6.33. The number of ketones is 2. The zero-order valence-corrected chi connectivity index (χ0v) is 33.1. The Bertz CT molecular complexity index is 2540. The van der Waals surface area contributed by atoms with E-state index in [0.29, 0.717) is 42.7 Å². The van der Waals surface area contributed by atoms with Gasteiger partial charge in [-0.3, -0.25) is 19.0 Å². The second kappa shape index (κ2) is 18.6. The molecule has 0 saturated heterocycles. The standard InChI is InChI=1S/C22H20ClF4N5O3.C16H9Cl2F3N4O/c23-13-3-1-2-11(4-13)8-32-17(22(25,26)27)6-16(31-32)20(35)14-7-28-10-29-21(14)30-15-5-12(9-33)19(34)18(15)24;17-10-3-1-2-9(4-10)7-25-13(16(19,20)21)5-12(24-25)14(26)11-6-22-8-23-15(11)18/h1-4,6-7,10,12,15,18-19,33-34H,5,8-9H2,(H,28,29,30);1-6,8H,7H2/t12-,15-,18-,19-;/m1./s1. The molecule has 23 heteroatoms. The molecule has 0 unspecified atom stereocenters. The van der Waals surface area contributed by atoms with Crippen molar-refractivity contribution < 1.29 is 50.5 Å². The van der Waals surface area contributed by atoms with Gasteiger partial charge >= 0.3 is 12.4 Å². The quantitative estimate of drug-likeness (QED) is 0.0672. The normalized spacial score (nSPS) is 17.8. The van der Waals surface area contributed by atoms with Gasteiger partial charge in [0.1, 0.15) is 52.6 Å². The lowest BCUT2D eigenvalue weighted by molar-refractivity contribution is -0.144. The lowest BCUT2D eigenvalue weighted by Crippen LogP contribution is -2.32. The number of aliphatic hydroxyl groups excluding tert-OH is 2. The van der Waals surface area contributed by atoms with Crippen molar-refractivity contribution in [1.82, 2.24) is 39.5 Å². The summed E-state index contributed by atoms with van der Waals surface area (Å²) in [5, 5.41) is 30.2. The zero-order valence-electron chi connectivity index (χ0n) is 30.8. The fourth-order valence-electron chi connectivity index (χ4n) is 6.31. The molecule has 4 heterocycles. The van der Waals surface area contributed by atoms with Gasteiger partial charge in [-0.25, -0.2) is 24.3 Å². The van der Waals surface area contributed by atoms with Gasteiger partial charge in [-0.15, -0.1) is 0 Å². The Morgan fingerprint density at radius 1 is 0.754 bits per heavy atom. The Balaban J connectivity index is 0.000000213. The van der Waals surface area contributed by atoms with Crippen LogP contribution in [0.5, 0.6) is 0 Å². The van der Waals surface area contributed by atoms with E-state index in [9.17, 15) is 50.5 Å². The fraction of sp³-hybridized carbons (Fsp3) is 0.263. The van der Waals surface area contributed by atoms with Crippen LogP contribution in [0.4, 0.5) is 36.6 Å². The number of rotatable bonds is 11. The Kier molecular flexibility index (Phi) is 13.7. The molecule has 4 aromatic heterocycles. The molecule has 1 aliphatic rings. The number of benzene rings is 2. The minimum Gasteiger partial charge on any atom is -0.396 e. The summed E-state index contributed by atoms with van der Waals surface area (Å²) in [6, 6.07) is 12.9. The summed E-state index contributed by atoms with van der Waals surface area (Å²) in [4.78, 5) is 40.6. The summed E-state index contributed by atoms with van der Waals surface area (Å²) in [6.07, 6.45) is -8.17. The molecule has 0 bridgehead atoms. The van der Waals surface area contributed by atoms with Crippen molar-refractivity contribution in [2.24, 2.45) is 5.92 Å². The molecule has 4 atom stereocenters. The molecular formula is C38H29Cl3F7N9O4. The molecule has 0 radical (unpaired) electrons. The van der Waals surface area contributed by atoms with Gasteiger partial charge in [-0.1, -0.05) is 59.1 Å². The van der Waals surface area contributed by atoms with Crippen molar-refractivity contribution >= 4 is 52.2 Å². The number of alkyl halides is 7. The van der Waals surface area contributed by atoms with E-state index >= 15 is 0 Å².